The molecule has 4 heteroatoms. The summed E-state index contributed by atoms with van der Waals surface area (Å²) in [6, 6.07) is 11.2. The number of hydrogen-bond acceptors (Lipinski definition) is 3. The number of hydrogen-bond donors (Lipinski definition) is 2. The van der Waals surface area contributed by atoms with Crippen molar-refractivity contribution in [1.29, 1.82) is 0 Å². The molecule has 0 radical (unpaired) electrons. The quantitative estimate of drug-likeness (QED) is 0.879. The topological polar surface area (TPSA) is 68.0 Å². The van der Waals surface area contributed by atoms with E-state index in [1.165, 1.54) is 0 Å². The number of carbonyl (C=O) groups excluding carboxylic acids is 1. The van der Waals surface area contributed by atoms with E-state index in [1.807, 2.05) is 31.2 Å². The lowest BCUT2D eigenvalue weighted by Gasteiger charge is -2.06. The third kappa shape index (κ3) is 3.63. The molecule has 98 valence electrons. The SMILES string of the molecule is Cc1ccc(NC(=O)c2ccnc(CCN)c2)cc1. The van der Waals surface area contributed by atoms with Gasteiger partial charge in [-0.2, -0.15) is 0 Å². The van der Waals surface area contributed by atoms with Crippen molar-refractivity contribution >= 4 is 11.6 Å². The van der Waals surface area contributed by atoms with Gasteiger partial charge in [0.05, 0.1) is 0 Å². The van der Waals surface area contributed by atoms with Gasteiger partial charge in [0, 0.05) is 29.6 Å². The number of nitrogens with one attached hydrogen (secondary N) is 1. The van der Waals surface area contributed by atoms with Gasteiger partial charge in [-0.1, -0.05) is 17.7 Å². The van der Waals surface area contributed by atoms with Crippen LogP contribution in [0.15, 0.2) is 42.6 Å². The molecule has 4 nitrogen and oxygen atoms in total. The van der Waals surface area contributed by atoms with Gasteiger partial charge in [-0.15, -0.1) is 0 Å². The van der Waals surface area contributed by atoms with E-state index in [-0.39, 0.29) is 5.91 Å². The van der Waals surface area contributed by atoms with Gasteiger partial charge >= 0.3 is 0 Å². The van der Waals surface area contributed by atoms with E-state index in [1.54, 1.807) is 18.3 Å². The van der Waals surface area contributed by atoms with Gasteiger partial charge in [0.1, 0.15) is 0 Å². The molecule has 0 bridgehead atoms. The Labute approximate surface area is 112 Å². The lowest BCUT2D eigenvalue weighted by atomic mass is 10.1. The molecule has 2 aromatic rings. The molecule has 0 fully saturated rings. The van der Waals surface area contributed by atoms with Crippen LogP contribution in [0.4, 0.5) is 5.69 Å². The minimum absolute atomic E-state index is 0.135. The van der Waals surface area contributed by atoms with Crippen LogP contribution in [0.1, 0.15) is 21.6 Å². The van der Waals surface area contributed by atoms with Gasteiger partial charge in [0.2, 0.25) is 0 Å². The van der Waals surface area contributed by atoms with Gasteiger partial charge in [-0.3, -0.25) is 9.78 Å². The van der Waals surface area contributed by atoms with Gasteiger partial charge in [0.15, 0.2) is 0 Å². The molecule has 0 unspecified atom stereocenters. The summed E-state index contributed by atoms with van der Waals surface area (Å²) in [5.74, 6) is -0.135. The smallest absolute Gasteiger partial charge is 0.255 e. The molecule has 1 amide bonds. The average molecular weight is 255 g/mol. The van der Waals surface area contributed by atoms with Crippen molar-refractivity contribution in [2.24, 2.45) is 5.73 Å². The maximum Gasteiger partial charge on any atom is 0.255 e. The summed E-state index contributed by atoms with van der Waals surface area (Å²) in [4.78, 5) is 16.3. The highest BCUT2D eigenvalue weighted by Gasteiger charge is 2.07. The van der Waals surface area contributed by atoms with Crippen molar-refractivity contribution in [2.45, 2.75) is 13.3 Å². The van der Waals surface area contributed by atoms with E-state index in [0.29, 0.717) is 18.5 Å². The fraction of sp³-hybridized carbons (Fsp3) is 0.200. The number of carbonyl (C=O) groups is 1. The lowest BCUT2D eigenvalue weighted by Crippen LogP contribution is -2.13. The summed E-state index contributed by atoms with van der Waals surface area (Å²) in [7, 11) is 0. The van der Waals surface area contributed by atoms with Crippen LogP contribution in [-0.2, 0) is 6.42 Å². The summed E-state index contributed by atoms with van der Waals surface area (Å²) in [5.41, 5.74) is 8.86. The Kier molecular flexibility index (Phi) is 4.26. The first-order valence-corrected chi connectivity index (χ1v) is 6.22. The number of nitrogens with zero attached hydrogens (tertiary/aromatic N) is 1. The predicted octanol–water partition coefficient (Wildman–Crippen LogP) is 2.14. The fourth-order valence-corrected chi connectivity index (χ4v) is 1.74. The molecule has 0 aliphatic carbocycles. The second kappa shape index (κ2) is 6.11. The van der Waals surface area contributed by atoms with Crippen molar-refractivity contribution in [3.63, 3.8) is 0 Å². The summed E-state index contributed by atoms with van der Waals surface area (Å²) >= 11 is 0. The Morgan fingerprint density at radius 1 is 1.26 bits per heavy atom. The van der Waals surface area contributed by atoms with Crippen LogP contribution >= 0.6 is 0 Å². The minimum atomic E-state index is -0.135. The molecule has 1 aromatic heterocycles. The molecule has 0 atom stereocenters. The molecule has 3 N–H and O–H groups in total. The normalized spacial score (nSPS) is 10.2. The van der Waals surface area contributed by atoms with Crippen molar-refractivity contribution < 1.29 is 4.79 Å². The number of nitrogens with two attached hydrogens (primary N) is 1. The van der Waals surface area contributed by atoms with E-state index in [0.717, 1.165) is 16.9 Å². The van der Waals surface area contributed by atoms with Gasteiger partial charge in [-0.05, 0) is 37.7 Å². The maximum absolute atomic E-state index is 12.1. The molecular formula is C15H17N3O. The molecule has 0 spiro atoms. The standard InChI is InChI=1S/C15H17N3O/c1-11-2-4-13(5-3-11)18-15(19)12-7-9-17-14(10-12)6-8-16/h2-5,7,9-10H,6,8,16H2,1H3,(H,18,19). The molecule has 0 saturated heterocycles. The molecule has 0 aliphatic rings. The van der Waals surface area contributed by atoms with Crippen LogP contribution in [0.3, 0.4) is 0 Å². The van der Waals surface area contributed by atoms with Crippen LogP contribution in [0.25, 0.3) is 0 Å². The number of benzene rings is 1. The highest BCUT2D eigenvalue weighted by molar-refractivity contribution is 6.04. The third-order valence-electron chi connectivity index (χ3n) is 2.79. The first-order valence-electron chi connectivity index (χ1n) is 6.22. The average Bonchev–Trinajstić information content (AvgIpc) is 2.42. The summed E-state index contributed by atoms with van der Waals surface area (Å²) < 4.78 is 0. The zero-order valence-electron chi connectivity index (χ0n) is 10.9. The summed E-state index contributed by atoms with van der Waals surface area (Å²) in [5, 5.41) is 2.86. The molecule has 1 heterocycles. The van der Waals surface area contributed by atoms with Crippen LogP contribution in [0, 0.1) is 6.92 Å². The van der Waals surface area contributed by atoms with Crippen molar-refractivity contribution in [1.82, 2.24) is 4.98 Å². The number of anilines is 1. The minimum Gasteiger partial charge on any atom is -0.330 e. The Balaban J connectivity index is 2.11. The Bertz CT molecular complexity index is 564. The molecule has 19 heavy (non-hydrogen) atoms. The monoisotopic (exact) mass is 255 g/mol. The second-order valence-electron chi connectivity index (χ2n) is 4.39. The van der Waals surface area contributed by atoms with Crippen molar-refractivity contribution in [3.05, 3.63) is 59.4 Å². The molecular weight excluding hydrogens is 238 g/mol. The van der Waals surface area contributed by atoms with Gasteiger partial charge in [-0.25, -0.2) is 0 Å². The zero-order chi connectivity index (χ0) is 13.7. The Hall–Kier alpha value is -2.20. The van der Waals surface area contributed by atoms with E-state index < -0.39 is 0 Å². The highest BCUT2D eigenvalue weighted by Crippen LogP contribution is 2.11. The number of rotatable bonds is 4. The van der Waals surface area contributed by atoms with E-state index in [4.69, 9.17) is 5.73 Å². The molecule has 1 aromatic carbocycles. The highest BCUT2D eigenvalue weighted by atomic mass is 16.1. The fourth-order valence-electron chi connectivity index (χ4n) is 1.74. The summed E-state index contributed by atoms with van der Waals surface area (Å²) in [6.45, 7) is 2.53. The molecule has 2 rings (SSSR count). The largest absolute Gasteiger partial charge is 0.330 e. The van der Waals surface area contributed by atoms with Crippen LogP contribution in [0.5, 0.6) is 0 Å². The molecule has 0 saturated carbocycles. The van der Waals surface area contributed by atoms with E-state index >= 15 is 0 Å². The van der Waals surface area contributed by atoms with Crippen LogP contribution in [0.2, 0.25) is 0 Å². The second-order valence-corrected chi connectivity index (χ2v) is 4.39. The first-order chi connectivity index (χ1) is 9.19. The van der Waals surface area contributed by atoms with Crippen LogP contribution in [-0.4, -0.2) is 17.4 Å². The number of pyridine rings is 1. The number of aryl methyl sites for hydroxylation is 1. The van der Waals surface area contributed by atoms with Crippen LogP contribution < -0.4 is 11.1 Å². The van der Waals surface area contributed by atoms with Crippen molar-refractivity contribution in [2.75, 3.05) is 11.9 Å². The number of aromatic nitrogens is 1. The Morgan fingerprint density at radius 3 is 2.68 bits per heavy atom. The summed E-state index contributed by atoms with van der Waals surface area (Å²) in [6.07, 6.45) is 2.31. The predicted molar refractivity (Wildman–Crippen MR) is 76.1 cm³/mol. The van der Waals surface area contributed by atoms with Crippen molar-refractivity contribution in [3.8, 4) is 0 Å². The third-order valence-corrected chi connectivity index (χ3v) is 2.79. The van der Waals surface area contributed by atoms with Gasteiger partial charge in [0.25, 0.3) is 5.91 Å². The van der Waals surface area contributed by atoms with E-state index in [2.05, 4.69) is 10.3 Å². The van der Waals surface area contributed by atoms with Gasteiger partial charge < -0.3 is 11.1 Å². The maximum atomic E-state index is 12.1. The lowest BCUT2D eigenvalue weighted by molar-refractivity contribution is 0.102. The van der Waals surface area contributed by atoms with E-state index in [9.17, 15) is 4.79 Å². The Morgan fingerprint density at radius 2 is 2.00 bits per heavy atom. The first kappa shape index (κ1) is 13.2. The number of amides is 1. The molecule has 0 aliphatic heterocycles. The zero-order valence-corrected chi connectivity index (χ0v) is 10.9.